The Morgan fingerprint density at radius 2 is 2.14 bits per heavy atom. The van der Waals surface area contributed by atoms with Crippen LogP contribution in [0.5, 0.6) is 0 Å². The molecule has 3 N–H and O–H groups in total. The standard InChI is InChI=1S/C13H11BrN4O3/c1-7-2-3-9(5-11(7)18(20)21)17-13(19)10-4-8(14)6-16-12(10)15/h2-6H,1H3,(H2,15,16)(H,17,19). The highest BCUT2D eigenvalue weighted by Gasteiger charge is 2.15. The maximum atomic E-state index is 12.1. The lowest BCUT2D eigenvalue weighted by molar-refractivity contribution is -0.385. The number of aryl methyl sites for hydroxylation is 1. The fourth-order valence-corrected chi connectivity index (χ4v) is 2.05. The molecule has 0 fully saturated rings. The molecule has 1 aromatic carbocycles. The molecule has 0 spiro atoms. The third-order valence-corrected chi connectivity index (χ3v) is 3.23. The molecule has 0 aliphatic rings. The van der Waals surface area contributed by atoms with Gasteiger partial charge in [0.15, 0.2) is 0 Å². The van der Waals surface area contributed by atoms with Crippen molar-refractivity contribution in [3.05, 3.63) is 56.2 Å². The number of pyridine rings is 1. The molecule has 2 rings (SSSR count). The average molecular weight is 351 g/mol. The quantitative estimate of drug-likeness (QED) is 0.652. The van der Waals surface area contributed by atoms with E-state index in [-0.39, 0.29) is 17.1 Å². The van der Waals surface area contributed by atoms with E-state index in [4.69, 9.17) is 5.73 Å². The minimum Gasteiger partial charge on any atom is -0.383 e. The van der Waals surface area contributed by atoms with Crippen molar-refractivity contribution < 1.29 is 9.72 Å². The molecule has 0 aliphatic carbocycles. The normalized spacial score (nSPS) is 10.2. The minimum absolute atomic E-state index is 0.0619. The molecule has 21 heavy (non-hydrogen) atoms. The molecule has 0 atom stereocenters. The molecule has 0 saturated carbocycles. The van der Waals surface area contributed by atoms with Crippen LogP contribution >= 0.6 is 15.9 Å². The van der Waals surface area contributed by atoms with E-state index in [2.05, 4.69) is 26.2 Å². The van der Waals surface area contributed by atoms with Gasteiger partial charge in [0.25, 0.3) is 11.6 Å². The lowest BCUT2D eigenvalue weighted by atomic mass is 10.1. The van der Waals surface area contributed by atoms with Crippen molar-refractivity contribution in [3.63, 3.8) is 0 Å². The zero-order chi connectivity index (χ0) is 15.6. The maximum absolute atomic E-state index is 12.1. The number of halogens is 1. The molecule has 1 amide bonds. The van der Waals surface area contributed by atoms with Gasteiger partial charge in [-0.15, -0.1) is 0 Å². The van der Waals surface area contributed by atoms with Gasteiger partial charge in [0.05, 0.1) is 10.5 Å². The Morgan fingerprint density at radius 3 is 2.81 bits per heavy atom. The van der Waals surface area contributed by atoms with Crippen LogP contribution in [0.3, 0.4) is 0 Å². The second-order valence-electron chi connectivity index (χ2n) is 4.30. The lowest BCUT2D eigenvalue weighted by Crippen LogP contribution is -2.15. The first-order chi connectivity index (χ1) is 9.88. The predicted molar refractivity (Wildman–Crippen MR) is 82.1 cm³/mol. The molecule has 8 heteroatoms. The number of nitrogens with two attached hydrogens (primary N) is 1. The Morgan fingerprint density at radius 1 is 1.43 bits per heavy atom. The molecule has 0 bridgehead atoms. The molecule has 0 saturated heterocycles. The summed E-state index contributed by atoms with van der Waals surface area (Å²) in [5.41, 5.74) is 6.60. The Hall–Kier alpha value is -2.48. The zero-order valence-electron chi connectivity index (χ0n) is 11.0. The van der Waals surface area contributed by atoms with Crippen LogP contribution in [-0.2, 0) is 0 Å². The Labute approximate surface area is 128 Å². The van der Waals surface area contributed by atoms with Crippen molar-refractivity contribution in [2.75, 3.05) is 11.1 Å². The summed E-state index contributed by atoms with van der Waals surface area (Å²) < 4.78 is 0.608. The van der Waals surface area contributed by atoms with E-state index in [0.29, 0.717) is 15.7 Å². The number of carbonyl (C=O) groups excluding carboxylic acids is 1. The average Bonchev–Trinajstić information content (AvgIpc) is 2.43. The van der Waals surface area contributed by atoms with Gasteiger partial charge in [0, 0.05) is 28.0 Å². The number of nitrogens with zero attached hydrogens (tertiary/aromatic N) is 2. The number of nitrogen functional groups attached to an aromatic ring is 1. The van der Waals surface area contributed by atoms with Crippen LogP contribution in [0.15, 0.2) is 34.9 Å². The molecular weight excluding hydrogens is 340 g/mol. The Balaban J connectivity index is 2.29. The summed E-state index contributed by atoms with van der Waals surface area (Å²) >= 11 is 3.20. The van der Waals surface area contributed by atoms with Gasteiger partial charge >= 0.3 is 0 Å². The summed E-state index contributed by atoms with van der Waals surface area (Å²) in [6.45, 7) is 1.62. The smallest absolute Gasteiger partial charge is 0.274 e. The molecule has 1 heterocycles. The van der Waals surface area contributed by atoms with Crippen molar-refractivity contribution in [2.45, 2.75) is 6.92 Å². The number of anilines is 2. The summed E-state index contributed by atoms with van der Waals surface area (Å²) in [5.74, 6) is -0.406. The van der Waals surface area contributed by atoms with Crippen LogP contribution in [0.4, 0.5) is 17.2 Å². The first-order valence-electron chi connectivity index (χ1n) is 5.86. The van der Waals surface area contributed by atoms with E-state index in [1.165, 1.54) is 18.3 Å². The van der Waals surface area contributed by atoms with E-state index >= 15 is 0 Å². The summed E-state index contributed by atoms with van der Waals surface area (Å²) in [4.78, 5) is 26.4. The highest BCUT2D eigenvalue weighted by atomic mass is 79.9. The van der Waals surface area contributed by atoms with Crippen molar-refractivity contribution in [2.24, 2.45) is 0 Å². The molecule has 2 aromatic rings. The van der Waals surface area contributed by atoms with E-state index < -0.39 is 10.8 Å². The molecule has 7 nitrogen and oxygen atoms in total. The number of hydrogen-bond donors (Lipinski definition) is 2. The van der Waals surface area contributed by atoms with Crippen molar-refractivity contribution in [1.82, 2.24) is 4.98 Å². The third-order valence-electron chi connectivity index (χ3n) is 2.79. The highest BCUT2D eigenvalue weighted by Crippen LogP contribution is 2.23. The summed E-state index contributed by atoms with van der Waals surface area (Å²) in [7, 11) is 0. The van der Waals surface area contributed by atoms with Crippen LogP contribution in [0, 0.1) is 17.0 Å². The number of carbonyl (C=O) groups is 1. The number of nitrogens with one attached hydrogen (secondary N) is 1. The Bertz CT molecular complexity index is 733. The molecular formula is C13H11BrN4O3. The molecule has 0 aliphatic heterocycles. The minimum atomic E-state index is -0.500. The number of benzene rings is 1. The highest BCUT2D eigenvalue weighted by molar-refractivity contribution is 9.10. The molecule has 108 valence electrons. The van der Waals surface area contributed by atoms with Crippen molar-refractivity contribution in [3.8, 4) is 0 Å². The summed E-state index contributed by atoms with van der Waals surface area (Å²) in [5, 5.41) is 13.4. The first kappa shape index (κ1) is 14.9. The largest absolute Gasteiger partial charge is 0.383 e. The monoisotopic (exact) mass is 350 g/mol. The first-order valence-corrected chi connectivity index (χ1v) is 6.65. The zero-order valence-corrected chi connectivity index (χ0v) is 12.5. The van der Waals surface area contributed by atoms with Gasteiger partial charge in [-0.1, -0.05) is 6.07 Å². The van der Waals surface area contributed by atoms with Gasteiger partial charge in [-0.2, -0.15) is 0 Å². The number of nitro groups is 1. The number of rotatable bonds is 3. The van der Waals surface area contributed by atoms with Crippen LogP contribution in [0.1, 0.15) is 15.9 Å². The van der Waals surface area contributed by atoms with Gasteiger partial charge in [-0.25, -0.2) is 4.98 Å². The Kier molecular flexibility index (Phi) is 4.18. The SMILES string of the molecule is Cc1ccc(NC(=O)c2cc(Br)cnc2N)cc1[N+](=O)[O-]. The van der Waals surface area contributed by atoms with E-state index in [0.717, 1.165) is 0 Å². The second-order valence-corrected chi connectivity index (χ2v) is 5.21. The van der Waals surface area contributed by atoms with E-state index in [1.807, 2.05) is 0 Å². The van der Waals surface area contributed by atoms with Crippen LogP contribution in [0.25, 0.3) is 0 Å². The van der Waals surface area contributed by atoms with Crippen LogP contribution < -0.4 is 11.1 Å². The van der Waals surface area contributed by atoms with Gasteiger partial charge in [-0.3, -0.25) is 14.9 Å². The van der Waals surface area contributed by atoms with E-state index in [1.54, 1.807) is 19.1 Å². The lowest BCUT2D eigenvalue weighted by Gasteiger charge is -2.08. The van der Waals surface area contributed by atoms with Gasteiger partial charge in [0.1, 0.15) is 5.82 Å². The fraction of sp³-hybridized carbons (Fsp3) is 0.0769. The van der Waals surface area contributed by atoms with Crippen LogP contribution in [0.2, 0.25) is 0 Å². The van der Waals surface area contributed by atoms with Gasteiger partial charge in [-0.05, 0) is 35.0 Å². The maximum Gasteiger partial charge on any atom is 0.274 e. The van der Waals surface area contributed by atoms with Gasteiger partial charge < -0.3 is 11.1 Å². The summed E-state index contributed by atoms with van der Waals surface area (Å²) in [6.07, 6.45) is 1.48. The molecule has 0 unspecified atom stereocenters. The third kappa shape index (κ3) is 3.34. The number of amides is 1. The van der Waals surface area contributed by atoms with Gasteiger partial charge in [0.2, 0.25) is 0 Å². The summed E-state index contributed by atoms with van der Waals surface area (Å²) in [6, 6.07) is 5.98. The number of nitro benzene ring substituents is 1. The second kappa shape index (κ2) is 5.88. The number of aromatic nitrogens is 1. The predicted octanol–water partition coefficient (Wildman–Crippen LogP) is 2.90. The van der Waals surface area contributed by atoms with Crippen molar-refractivity contribution >= 4 is 39.0 Å². The van der Waals surface area contributed by atoms with Crippen LogP contribution in [-0.4, -0.2) is 15.8 Å². The fourth-order valence-electron chi connectivity index (χ4n) is 1.71. The molecule has 0 radical (unpaired) electrons. The topological polar surface area (TPSA) is 111 Å². The van der Waals surface area contributed by atoms with Crippen molar-refractivity contribution in [1.29, 1.82) is 0 Å². The number of hydrogen-bond acceptors (Lipinski definition) is 5. The van der Waals surface area contributed by atoms with E-state index in [9.17, 15) is 14.9 Å². The molecule has 1 aromatic heterocycles.